The molecule has 1 saturated heterocycles. The molecule has 0 aromatic carbocycles. The van der Waals surface area contributed by atoms with Crippen LogP contribution in [0.1, 0.15) is 92.9 Å². The summed E-state index contributed by atoms with van der Waals surface area (Å²) >= 11 is 0. The summed E-state index contributed by atoms with van der Waals surface area (Å²) in [7, 11) is 0. The van der Waals surface area contributed by atoms with Crippen LogP contribution in [0.3, 0.4) is 0 Å². The van der Waals surface area contributed by atoms with Gasteiger partial charge in [-0.2, -0.15) is 0 Å². The first-order valence-electron chi connectivity index (χ1n) is 17.5. The molecule has 12 heteroatoms. The minimum atomic E-state index is -0.993. The van der Waals surface area contributed by atoms with Gasteiger partial charge in [0.1, 0.15) is 18.1 Å². The topological polar surface area (TPSA) is 166 Å². The van der Waals surface area contributed by atoms with Crippen LogP contribution in [-0.2, 0) is 24.0 Å². The predicted molar refractivity (Wildman–Crippen MR) is 178 cm³/mol. The van der Waals surface area contributed by atoms with Gasteiger partial charge in [0.25, 0.3) is 5.91 Å². The first-order valence-corrected chi connectivity index (χ1v) is 17.5. The lowest BCUT2D eigenvalue weighted by atomic mass is 9.82. The molecule has 6 atom stereocenters. The van der Waals surface area contributed by atoms with E-state index < -0.39 is 59.1 Å². The number of likely N-dealkylation sites (tertiary alicyclic amines) is 1. The Morgan fingerprint density at radius 1 is 0.936 bits per heavy atom. The van der Waals surface area contributed by atoms with E-state index >= 15 is 0 Å². The fraction of sp³-hybridized carbons (Fsp3) is 0.771. The van der Waals surface area contributed by atoms with E-state index in [2.05, 4.69) is 47.0 Å². The summed E-state index contributed by atoms with van der Waals surface area (Å²) in [5.74, 6) is -2.55. The molecular formula is C35H56N6O6. The van der Waals surface area contributed by atoms with Crippen LogP contribution in [0.5, 0.6) is 0 Å². The molecule has 0 bridgehead atoms. The van der Waals surface area contributed by atoms with Gasteiger partial charge in [-0.1, -0.05) is 72.8 Å². The highest BCUT2D eigenvalue weighted by atomic mass is 16.2. The van der Waals surface area contributed by atoms with Gasteiger partial charge in [0.05, 0.1) is 6.04 Å². The zero-order valence-corrected chi connectivity index (χ0v) is 29.1. The van der Waals surface area contributed by atoms with Crippen molar-refractivity contribution in [1.29, 1.82) is 0 Å². The molecule has 6 amide bonds. The third kappa shape index (κ3) is 8.54. The SMILES string of the molecule is C=CCNC(=O)C(=O)C(CC1CC1)NC(=O)[C@@H]1[C@@H]2[C@H](CN1C(=O)[C@@H](NC(=O)C(NC(=O)NCC)C1CCCCC1)C(C)(C)C)C2(C)C. The van der Waals surface area contributed by atoms with Crippen molar-refractivity contribution in [2.75, 3.05) is 19.6 Å². The summed E-state index contributed by atoms with van der Waals surface area (Å²) < 4.78 is 0. The molecule has 1 aliphatic heterocycles. The smallest absolute Gasteiger partial charge is 0.315 e. The van der Waals surface area contributed by atoms with Crippen LogP contribution in [0.4, 0.5) is 4.79 Å². The van der Waals surface area contributed by atoms with E-state index in [4.69, 9.17) is 0 Å². The monoisotopic (exact) mass is 656 g/mol. The Morgan fingerprint density at radius 3 is 2.17 bits per heavy atom. The second kappa shape index (κ2) is 14.8. The first-order chi connectivity index (χ1) is 22.1. The molecule has 0 spiro atoms. The maximum Gasteiger partial charge on any atom is 0.315 e. The van der Waals surface area contributed by atoms with Crippen LogP contribution < -0.4 is 26.6 Å². The summed E-state index contributed by atoms with van der Waals surface area (Å²) in [5, 5.41) is 13.9. The third-order valence-electron chi connectivity index (χ3n) is 10.7. The number of rotatable bonds is 14. The number of hydrogen-bond acceptors (Lipinski definition) is 6. The summed E-state index contributed by atoms with van der Waals surface area (Å²) in [5.41, 5.74) is -0.897. The largest absolute Gasteiger partial charge is 0.346 e. The normalized spacial score (nSPS) is 25.3. The Kier molecular flexibility index (Phi) is 11.4. The standard InChI is InChI=1S/C35H56N6O6/c1-8-17-37-31(45)27(42)23(18-20-15-16-20)38-30(44)26-24-22(35(24,6)7)19-41(26)32(46)28(34(3,4)5)40-29(43)25(39-33(47)36-9-2)21-13-11-10-12-14-21/h8,20-26,28H,1,9-19H2,2-7H3,(H,37,45)(H,38,44)(H,40,43)(H2,36,39,47)/t22-,23?,24-,25?,26-,28+/m0/s1. The van der Waals surface area contributed by atoms with Gasteiger partial charge in [-0.25, -0.2) is 4.79 Å². The van der Waals surface area contributed by atoms with Crippen molar-refractivity contribution in [2.45, 2.75) is 117 Å². The molecule has 2 unspecified atom stereocenters. The fourth-order valence-corrected chi connectivity index (χ4v) is 7.66. The average molecular weight is 657 g/mol. The number of carbonyl (C=O) groups is 6. The predicted octanol–water partition coefficient (Wildman–Crippen LogP) is 2.42. The molecule has 47 heavy (non-hydrogen) atoms. The Balaban J connectivity index is 1.55. The van der Waals surface area contributed by atoms with Crippen molar-refractivity contribution in [1.82, 2.24) is 31.5 Å². The Bertz CT molecular complexity index is 1230. The molecule has 4 fully saturated rings. The zero-order chi connectivity index (χ0) is 34.7. The second-order valence-corrected chi connectivity index (χ2v) is 15.7. The van der Waals surface area contributed by atoms with Crippen molar-refractivity contribution in [3.8, 4) is 0 Å². The Labute approximate surface area is 279 Å². The second-order valence-electron chi connectivity index (χ2n) is 15.7. The molecule has 5 N–H and O–H groups in total. The van der Waals surface area contributed by atoms with Gasteiger partial charge in [-0.15, -0.1) is 6.58 Å². The van der Waals surface area contributed by atoms with Crippen LogP contribution in [0.15, 0.2) is 12.7 Å². The molecule has 0 radical (unpaired) electrons. The minimum Gasteiger partial charge on any atom is -0.346 e. The quantitative estimate of drug-likeness (QED) is 0.142. The number of hydrogen-bond donors (Lipinski definition) is 5. The number of piperidine rings is 1. The highest BCUT2D eigenvalue weighted by Crippen LogP contribution is 2.65. The van der Waals surface area contributed by atoms with E-state index in [0.717, 1.165) is 44.9 Å². The lowest BCUT2D eigenvalue weighted by molar-refractivity contribution is -0.147. The van der Waals surface area contributed by atoms with Gasteiger partial charge < -0.3 is 31.5 Å². The van der Waals surface area contributed by atoms with E-state index in [-0.39, 0.29) is 41.5 Å². The van der Waals surface area contributed by atoms with Gasteiger partial charge in [0.15, 0.2) is 0 Å². The molecule has 3 saturated carbocycles. The maximum atomic E-state index is 14.5. The van der Waals surface area contributed by atoms with Gasteiger partial charge in [0.2, 0.25) is 23.5 Å². The molecular weight excluding hydrogens is 600 g/mol. The molecule has 4 aliphatic rings. The van der Waals surface area contributed by atoms with Crippen molar-refractivity contribution < 1.29 is 28.8 Å². The van der Waals surface area contributed by atoms with Crippen molar-refractivity contribution in [2.24, 2.45) is 34.5 Å². The van der Waals surface area contributed by atoms with E-state index in [1.54, 1.807) is 11.8 Å². The molecule has 1 heterocycles. The van der Waals surface area contributed by atoms with Gasteiger partial charge in [-0.05, 0) is 60.7 Å². The highest BCUT2D eigenvalue weighted by Gasteiger charge is 2.70. The summed E-state index contributed by atoms with van der Waals surface area (Å²) in [6.07, 6.45) is 8.34. The zero-order valence-electron chi connectivity index (χ0n) is 29.1. The van der Waals surface area contributed by atoms with Gasteiger partial charge >= 0.3 is 6.03 Å². The van der Waals surface area contributed by atoms with Crippen molar-refractivity contribution in [3.63, 3.8) is 0 Å². The molecule has 0 aromatic rings. The third-order valence-corrected chi connectivity index (χ3v) is 10.7. The molecule has 3 aliphatic carbocycles. The highest BCUT2D eigenvalue weighted by molar-refractivity contribution is 6.38. The molecule has 12 nitrogen and oxygen atoms in total. The number of nitrogens with zero attached hydrogens (tertiary/aromatic N) is 1. The molecule has 0 aromatic heterocycles. The van der Waals surface area contributed by atoms with E-state index in [0.29, 0.717) is 19.5 Å². The number of fused-ring (bicyclic) bond motifs is 1. The lowest BCUT2D eigenvalue weighted by Crippen LogP contribution is -2.63. The lowest BCUT2D eigenvalue weighted by Gasteiger charge is -2.39. The first kappa shape index (κ1) is 36.4. The van der Waals surface area contributed by atoms with Gasteiger partial charge in [-0.3, -0.25) is 24.0 Å². The maximum absolute atomic E-state index is 14.5. The number of urea groups is 1. The van der Waals surface area contributed by atoms with Gasteiger partial charge in [0, 0.05) is 19.6 Å². The van der Waals surface area contributed by atoms with Crippen molar-refractivity contribution in [3.05, 3.63) is 12.7 Å². The fourth-order valence-electron chi connectivity index (χ4n) is 7.66. The Hall–Kier alpha value is -3.44. The Morgan fingerprint density at radius 2 is 1.60 bits per heavy atom. The molecule has 262 valence electrons. The number of amides is 6. The van der Waals surface area contributed by atoms with E-state index in [1.165, 1.54) is 6.08 Å². The summed E-state index contributed by atoms with van der Waals surface area (Å²) in [6.45, 7) is 16.0. The van der Waals surface area contributed by atoms with Crippen molar-refractivity contribution >= 4 is 35.4 Å². The minimum absolute atomic E-state index is 0.0505. The number of nitrogens with one attached hydrogen (secondary N) is 5. The molecule has 4 rings (SSSR count). The number of ketones is 1. The van der Waals surface area contributed by atoms with Crippen LogP contribution >= 0.6 is 0 Å². The summed E-state index contributed by atoms with van der Waals surface area (Å²) in [6, 6.07) is -4.04. The number of carbonyl (C=O) groups excluding carboxylic acids is 6. The van der Waals surface area contributed by atoms with Crippen LogP contribution in [0, 0.1) is 34.5 Å². The van der Waals surface area contributed by atoms with Crippen LogP contribution in [-0.4, -0.2) is 84.1 Å². The van der Waals surface area contributed by atoms with E-state index in [1.807, 2.05) is 20.8 Å². The summed E-state index contributed by atoms with van der Waals surface area (Å²) in [4.78, 5) is 82.3. The van der Waals surface area contributed by atoms with Crippen LogP contribution in [0.2, 0.25) is 0 Å². The van der Waals surface area contributed by atoms with E-state index in [9.17, 15) is 28.8 Å². The average Bonchev–Trinajstić information content (AvgIpc) is 3.87. The van der Waals surface area contributed by atoms with Crippen LogP contribution in [0.25, 0.3) is 0 Å². The number of Topliss-reactive ketones (excluding diaryl/α,β-unsaturated/α-hetero) is 1.